The molecule has 0 spiro atoms. The average molecular weight is 347 g/mol. The van der Waals surface area contributed by atoms with E-state index in [0.29, 0.717) is 6.42 Å². The number of hydrogen-bond acceptors (Lipinski definition) is 2. The van der Waals surface area contributed by atoms with Crippen molar-refractivity contribution in [2.24, 2.45) is 0 Å². The van der Waals surface area contributed by atoms with E-state index in [0.717, 1.165) is 44.6 Å². The maximum absolute atomic E-state index is 12.6. The highest BCUT2D eigenvalue weighted by molar-refractivity contribution is 5.94. The predicted molar refractivity (Wildman–Crippen MR) is 107 cm³/mol. The summed E-state index contributed by atoms with van der Waals surface area (Å²) < 4.78 is 0. The highest BCUT2D eigenvalue weighted by Crippen LogP contribution is 2.27. The van der Waals surface area contributed by atoms with Crippen LogP contribution in [0.4, 0.5) is 5.69 Å². The van der Waals surface area contributed by atoms with Crippen molar-refractivity contribution in [3.8, 4) is 0 Å². The quantitative estimate of drug-likeness (QED) is 0.669. The van der Waals surface area contributed by atoms with Gasteiger partial charge in [0.1, 0.15) is 0 Å². The number of aromatic amines is 1. The van der Waals surface area contributed by atoms with Crippen molar-refractivity contribution in [3.63, 3.8) is 0 Å². The summed E-state index contributed by atoms with van der Waals surface area (Å²) in [5.74, 6) is 0.219. The maximum atomic E-state index is 12.6. The summed E-state index contributed by atoms with van der Waals surface area (Å²) in [6, 6.07) is 16.6. The van der Waals surface area contributed by atoms with E-state index in [9.17, 15) is 4.79 Å². The van der Waals surface area contributed by atoms with Crippen LogP contribution < -0.4 is 10.2 Å². The molecule has 4 rings (SSSR count). The number of anilines is 1. The zero-order valence-corrected chi connectivity index (χ0v) is 15.0. The summed E-state index contributed by atoms with van der Waals surface area (Å²) in [6.45, 7) is 2.44. The Morgan fingerprint density at radius 3 is 2.88 bits per heavy atom. The number of nitrogens with one attached hydrogen (secondary N) is 2. The predicted octanol–water partition coefficient (Wildman–Crippen LogP) is 3.67. The van der Waals surface area contributed by atoms with Crippen LogP contribution in [0.5, 0.6) is 0 Å². The van der Waals surface area contributed by atoms with Crippen molar-refractivity contribution < 1.29 is 4.79 Å². The molecule has 3 aromatic rings. The fourth-order valence-electron chi connectivity index (χ4n) is 3.81. The van der Waals surface area contributed by atoms with E-state index in [-0.39, 0.29) is 5.91 Å². The summed E-state index contributed by atoms with van der Waals surface area (Å²) in [4.78, 5) is 17.9. The summed E-state index contributed by atoms with van der Waals surface area (Å²) in [5.41, 5.74) is 4.90. The molecule has 4 heteroatoms. The zero-order chi connectivity index (χ0) is 17.8. The van der Waals surface area contributed by atoms with Gasteiger partial charge in [-0.3, -0.25) is 4.79 Å². The Morgan fingerprint density at radius 2 is 1.92 bits per heavy atom. The van der Waals surface area contributed by atoms with E-state index in [1.54, 1.807) is 0 Å². The van der Waals surface area contributed by atoms with Gasteiger partial charge in [0, 0.05) is 42.3 Å². The highest BCUT2D eigenvalue weighted by Gasteiger charge is 2.21. The van der Waals surface area contributed by atoms with Gasteiger partial charge in [-0.15, -0.1) is 0 Å². The Balaban J connectivity index is 1.26. The topological polar surface area (TPSA) is 48.1 Å². The second-order valence-corrected chi connectivity index (χ2v) is 6.89. The van der Waals surface area contributed by atoms with Crippen LogP contribution in [-0.2, 0) is 17.6 Å². The molecule has 1 aliphatic heterocycles. The minimum atomic E-state index is 0.219. The first-order valence-electron chi connectivity index (χ1n) is 9.47. The van der Waals surface area contributed by atoms with Gasteiger partial charge in [0.15, 0.2) is 0 Å². The van der Waals surface area contributed by atoms with Gasteiger partial charge in [0.05, 0.1) is 0 Å². The molecule has 0 bridgehead atoms. The lowest BCUT2D eigenvalue weighted by Gasteiger charge is -2.29. The van der Waals surface area contributed by atoms with E-state index < -0.39 is 0 Å². The van der Waals surface area contributed by atoms with E-state index >= 15 is 0 Å². The van der Waals surface area contributed by atoms with Gasteiger partial charge >= 0.3 is 0 Å². The molecule has 2 N–H and O–H groups in total. The third-order valence-corrected chi connectivity index (χ3v) is 5.17. The van der Waals surface area contributed by atoms with Crippen LogP contribution in [0.1, 0.15) is 24.0 Å². The van der Waals surface area contributed by atoms with Gasteiger partial charge in [0.25, 0.3) is 0 Å². The van der Waals surface area contributed by atoms with Gasteiger partial charge < -0.3 is 15.2 Å². The minimum Gasteiger partial charge on any atom is -0.361 e. The molecule has 0 saturated carbocycles. The molecule has 1 amide bonds. The molecular formula is C22H25N3O. The smallest absolute Gasteiger partial charge is 0.228 e. The van der Waals surface area contributed by atoms with Gasteiger partial charge in [-0.05, 0) is 49.1 Å². The van der Waals surface area contributed by atoms with E-state index in [4.69, 9.17) is 0 Å². The Labute approximate surface area is 154 Å². The van der Waals surface area contributed by atoms with E-state index in [1.165, 1.54) is 22.0 Å². The number of carbonyl (C=O) groups is 1. The summed E-state index contributed by atoms with van der Waals surface area (Å²) >= 11 is 0. The molecule has 1 aromatic heterocycles. The Bertz CT molecular complexity index is 899. The SMILES string of the molecule is O=C(CCNCCc1c[nH]c2ccccc12)N1CCCc2ccccc21. The molecule has 2 heterocycles. The molecule has 0 atom stereocenters. The average Bonchev–Trinajstić information content (AvgIpc) is 3.10. The molecule has 0 unspecified atom stereocenters. The maximum Gasteiger partial charge on any atom is 0.228 e. The molecule has 0 fully saturated rings. The van der Waals surface area contributed by atoms with Crippen LogP contribution >= 0.6 is 0 Å². The van der Waals surface area contributed by atoms with Crippen molar-refractivity contribution in [1.29, 1.82) is 0 Å². The van der Waals surface area contributed by atoms with Gasteiger partial charge in [-0.1, -0.05) is 36.4 Å². The number of aryl methyl sites for hydroxylation is 1. The van der Waals surface area contributed by atoms with Crippen LogP contribution in [0.3, 0.4) is 0 Å². The molecule has 0 radical (unpaired) electrons. The molecular weight excluding hydrogens is 322 g/mol. The van der Waals surface area contributed by atoms with Crippen molar-refractivity contribution in [3.05, 3.63) is 65.9 Å². The molecule has 1 aliphatic rings. The molecule has 26 heavy (non-hydrogen) atoms. The summed E-state index contributed by atoms with van der Waals surface area (Å²) in [6.07, 6.45) is 5.72. The number of rotatable bonds is 6. The Morgan fingerprint density at radius 1 is 1.08 bits per heavy atom. The van der Waals surface area contributed by atoms with Crippen molar-refractivity contribution >= 4 is 22.5 Å². The largest absolute Gasteiger partial charge is 0.361 e. The first kappa shape index (κ1) is 16.9. The number of amides is 1. The standard InChI is InChI=1S/C22H25N3O/c26-22(25-15-5-7-17-6-1-4-10-21(17)25)12-14-23-13-11-18-16-24-20-9-3-2-8-19(18)20/h1-4,6,8-10,16,23-24H,5,7,11-15H2. The summed E-state index contributed by atoms with van der Waals surface area (Å²) in [5, 5.41) is 4.71. The van der Waals surface area contributed by atoms with Crippen molar-refractivity contribution in [1.82, 2.24) is 10.3 Å². The number of carbonyl (C=O) groups excluding carboxylic acids is 1. The number of para-hydroxylation sites is 2. The van der Waals surface area contributed by atoms with Crippen LogP contribution in [0.25, 0.3) is 10.9 Å². The van der Waals surface area contributed by atoms with Crippen molar-refractivity contribution in [2.75, 3.05) is 24.5 Å². The number of aromatic nitrogens is 1. The molecule has 4 nitrogen and oxygen atoms in total. The lowest BCUT2D eigenvalue weighted by atomic mass is 10.0. The fraction of sp³-hybridized carbons (Fsp3) is 0.318. The molecule has 0 aliphatic carbocycles. The first-order valence-corrected chi connectivity index (χ1v) is 9.47. The van der Waals surface area contributed by atoms with E-state index in [1.807, 2.05) is 17.0 Å². The highest BCUT2D eigenvalue weighted by atomic mass is 16.2. The third kappa shape index (κ3) is 3.51. The number of nitrogens with zero attached hydrogens (tertiary/aromatic N) is 1. The second kappa shape index (κ2) is 7.75. The van der Waals surface area contributed by atoms with Crippen LogP contribution in [0.15, 0.2) is 54.7 Å². The molecule has 134 valence electrons. The first-order chi connectivity index (χ1) is 12.8. The van der Waals surface area contributed by atoms with Crippen LogP contribution in [0, 0.1) is 0 Å². The van der Waals surface area contributed by atoms with Crippen molar-refractivity contribution in [2.45, 2.75) is 25.7 Å². The van der Waals surface area contributed by atoms with Crippen LogP contribution in [0.2, 0.25) is 0 Å². The van der Waals surface area contributed by atoms with Gasteiger partial charge in [-0.25, -0.2) is 0 Å². The normalized spacial score (nSPS) is 13.8. The van der Waals surface area contributed by atoms with Gasteiger partial charge in [0.2, 0.25) is 5.91 Å². The number of benzene rings is 2. The Kier molecular flexibility index (Phi) is 5.02. The zero-order valence-electron chi connectivity index (χ0n) is 15.0. The lowest BCUT2D eigenvalue weighted by molar-refractivity contribution is -0.118. The molecule has 2 aromatic carbocycles. The molecule has 0 saturated heterocycles. The summed E-state index contributed by atoms with van der Waals surface area (Å²) in [7, 11) is 0. The lowest BCUT2D eigenvalue weighted by Crippen LogP contribution is -2.37. The third-order valence-electron chi connectivity index (χ3n) is 5.17. The van der Waals surface area contributed by atoms with Gasteiger partial charge in [-0.2, -0.15) is 0 Å². The number of H-pyrrole nitrogens is 1. The minimum absolute atomic E-state index is 0.219. The second-order valence-electron chi connectivity index (χ2n) is 6.89. The van der Waals surface area contributed by atoms with E-state index in [2.05, 4.69) is 52.9 Å². The van der Waals surface area contributed by atoms with Crippen LogP contribution in [-0.4, -0.2) is 30.5 Å². The number of fused-ring (bicyclic) bond motifs is 2. The Hall–Kier alpha value is -2.59. The fourth-order valence-corrected chi connectivity index (χ4v) is 3.81. The number of hydrogen-bond donors (Lipinski definition) is 2. The monoisotopic (exact) mass is 347 g/mol.